The van der Waals surface area contributed by atoms with Gasteiger partial charge in [0.2, 0.25) is 6.79 Å². The van der Waals surface area contributed by atoms with E-state index in [1.807, 2.05) is 39.1 Å². The lowest BCUT2D eigenvalue weighted by Gasteiger charge is -2.24. The van der Waals surface area contributed by atoms with Crippen LogP contribution in [0.25, 0.3) is 0 Å². The molecule has 0 saturated carbocycles. The Labute approximate surface area is 140 Å². The smallest absolute Gasteiger partial charge is 0.318 e. The molecule has 1 atom stereocenters. The normalized spacial score (nSPS) is 13.6. The molecule has 0 spiro atoms. The maximum atomic E-state index is 12.5. The van der Waals surface area contributed by atoms with Crippen LogP contribution in [0.5, 0.6) is 11.5 Å². The van der Waals surface area contributed by atoms with E-state index in [9.17, 15) is 4.79 Å². The fourth-order valence-corrected chi connectivity index (χ4v) is 2.61. The van der Waals surface area contributed by atoms with Crippen molar-refractivity contribution in [1.29, 1.82) is 0 Å². The number of rotatable bonds is 5. The van der Waals surface area contributed by atoms with Crippen LogP contribution < -0.4 is 14.8 Å². The third kappa shape index (κ3) is 3.27. The van der Waals surface area contributed by atoms with Crippen molar-refractivity contribution >= 4 is 6.03 Å². The van der Waals surface area contributed by atoms with Crippen LogP contribution in [0.3, 0.4) is 0 Å². The molecule has 8 nitrogen and oxygen atoms in total. The summed E-state index contributed by atoms with van der Waals surface area (Å²) >= 11 is 0. The van der Waals surface area contributed by atoms with Crippen LogP contribution in [0.1, 0.15) is 31.3 Å². The minimum absolute atomic E-state index is 0.148. The Bertz CT molecular complexity index is 730. The molecule has 2 aromatic rings. The molecular formula is C16H21N5O3. The van der Waals surface area contributed by atoms with Crippen LogP contribution in [0.2, 0.25) is 0 Å². The van der Waals surface area contributed by atoms with E-state index in [0.717, 1.165) is 17.1 Å². The van der Waals surface area contributed by atoms with Crippen molar-refractivity contribution in [2.24, 2.45) is 7.05 Å². The molecule has 1 aliphatic heterocycles. The zero-order valence-corrected chi connectivity index (χ0v) is 14.0. The number of ether oxygens (including phenoxy) is 2. The molecule has 128 valence electrons. The van der Waals surface area contributed by atoms with E-state index in [1.54, 1.807) is 15.8 Å². The molecule has 1 unspecified atom stereocenters. The SMILES string of the molecule is CCN(Cc1ccc2c(c1)OCO2)C(=O)NC(C)c1nncn1C. The Hall–Kier alpha value is -2.77. The highest BCUT2D eigenvalue weighted by Crippen LogP contribution is 2.32. The number of hydrogen-bond acceptors (Lipinski definition) is 5. The fraction of sp³-hybridized carbons (Fsp3) is 0.438. The molecule has 1 aromatic carbocycles. The summed E-state index contributed by atoms with van der Waals surface area (Å²) in [6, 6.07) is 5.34. The van der Waals surface area contributed by atoms with Crippen LogP contribution in [0.4, 0.5) is 4.79 Å². The van der Waals surface area contributed by atoms with Gasteiger partial charge in [0.25, 0.3) is 0 Å². The number of nitrogens with zero attached hydrogens (tertiary/aromatic N) is 4. The number of hydrogen-bond donors (Lipinski definition) is 1. The summed E-state index contributed by atoms with van der Waals surface area (Å²) in [5.41, 5.74) is 0.988. The molecule has 0 fully saturated rings. The number of aryl methyl sites for hydroxylation is 1. The van der Waals surface area contributed by atoms with Gasteiger partial charge in [0.1, 0.15) is 6.33 Å². The number of benzene rings is 1. The zero-order chi connectivity index (χ0) is 17.1. The van der Waals surface area contributed by atoms with Gasteiger partial charge in [0.05, 0.1) is 6.04 Å². The van der Waals surface area contributed by atoms with E-state index in [-0.39, 0.29) is 18.9 Å². The van der Waals surface area contributed by atoms with Crippen LogP contribution in [-0.2, 0) is 13.6 Å². The van der Waals surface area contributed by atoms with Crippen molar-refractivity contribution in [3.63, 3.8) is 0 Å². The minimum Gasteiger partial charge on any atom is -0.454 e. The average molecular weight is 331 g/mol. The fourth-order valence-electron chi connectivity index (χ4n) is 2.61. The Morgan fingerprint density at radius 1 is 1.42 bits per heavy atom. The summed E-state index contributed by atoms with van der Waals surface area (Å²) in [5, 5.41) is 10.8. The summed E-state index contributed by atoms with van der Waals surface area (Å²) in [5.74, 6) is 2.17. The molecule has 2 heterocycles. The maximum Gasteiger partial charge on any atom is 0.318 e. The van der Waals surface area contributed by atoms with E-state index in [2.05, 4.69) is 15.5 Å². The Morgan fingerprint density at radius 3 is 2.92 bits per heavy atom. The lowest BCUT2D eigenvalue weighted by molar-refractivity contribution is 0.173. The van der Waals surface area contributed by atoms with Gasteiger partial charge in [-0.3, -0.25) is 0 Å². The first-order chi connectivity index (χ1) is 11.6. The first kappa shape index (κ1) is 16.1. The van der Waals surface area contributed by atoms with Gasteiger partial charge in [-0.2, -0.15) is 0 Å². The molecule has 1 aliphatic rings. The largest absolute Gasteiger partial charge is 0.454 e. The highest BCUT2D eigenvalue weighted by molar-refractivity contribution is 5.74. The standard InChI is InChI=1S/C16H21N5O3/c1-4-21(8-12-5-6-13-14(7-12)24-10-23-13)16(22)18-11(2)15-19-17-9-20(15)3/h5-7,9,11H,4,8,10H2,1-3H3,(H,18,22). The van der Waals surface area contributed by atoms with Gasteiger partial charge < -0.3 is 24.3 Å². The second-order valence-electron chi connectivity index (χ2n) is 5.67. The molecule has 1 aromatic heterocycles. The van der Waals surface area contributed by atoms with Gasteiger partial charge >= 0.3 is 6.03 Å². The van der Waals surface area contributed by atoms with Crippen LogP contribution in [0.15, 0.2) is 24.5 Å². The topological polar surface area (TPSA) is 81.5 Å². The summed E-state index contributed by atoms with van der Waals surface area (Å²) in [7, 11) is 1.85. The van der Waals surface area contributed by atoms with Gasteiger partial charge in [0.15, 0.2) is 17.3 Å². The number of carbonyl (C=O) groups is 1. The highest BCUT2D eigenvalue weighted by Gasteiger charge is 2.20. The number of urea groups is 1. The number of amides is 2. The van der Waals surface area contributed by atoms with Crippen molar-refractivity contribution in [2.45, 2.75) is 26.4 Å². The monoisotopic (exact) mass is 331 g/mol. The lowest BCUT2D eigenvalue weighted by atomic mass is 10.2. The second-order valence-corrected chi connectivity index (χ2v) is 5.67. The average Bonchev–Trinajstić information content (AvgIpc) is 3.20. The summed E-state index contributed by atoms with van der Waals surface area (Å²) in [4.78, 5) is 14.3. The predicted octanol–water partition coefficient (Wildman–Crippen LogP) is 1.84. The van der Waals surface area contributed by atoms with Crippen molar-refractivity contribution in [2.75, 3.05) is 13.3 Å². The molecule has 0 bridgehead atoms. The van der Waals surface area contributed by atoms with Crippen LogP contribution >= 0.6 is 0 Å². The summed E-state index contributed by atoms with van der Waals surface area (Å²) in [6.45, 7) is 5.15. The second kappa shape index (κ2) is 6.77. The minimum atomic E-state index is -0.226. The number of carbonyl (C=O) groups excluding carboxylic acids is 1. The van der Waals surface area contributed by atoms with E-state index in [4.69, 9.17) is 9.47 Å². The third-order valence-corrected chi connectivity index (χ3v) is 3.95. The van der Waals surface area contributed by atoms with Crippen molar-refractivity contribution in [3.8, 4) is 11.5 Å². The van der Waals surface area contributed by atoms with E-state index < -0.39 is 0 Å². The molecule has 24 heavy (non-hydrogen) atoms. The van der Waals surface area contributed by atoms with Crippen molar-refractivity contribution in [3.05, 3.63) is 35.9 Å². The number of nitrogens with one attached hydrogen (secondary N) is 1. The van der Waals surface area contributed by atoms with E-state index in [0.29, 0.717) is 18.9 Å². The van der Waals surface area contributed by atoms with Crippen molar-refractivity contribution < 1.29 is 14.3 Å². The quantitative estimate of drug-likeness (QED) is 0.904. The first-order valence-electron chi connectivity index (χ1n) is 7.86. The predicted molar refractivity (Wildman–Crippen MR) is 86.6 cm³/mol. The van der Waals surface area contributed by atoms with Gasteiger partial charge in [-0.05, 0) is 31.5 Å². The summed E-state index contributed by atoms with van der Waals surface area (Å²) in [6.07, 6.45) is 1.61. The first-order valence-corrected chi connectivity index (χ1v) is 7.86. The van der Waals surface area contributed by atoms with Crippen LogP contribution in [0, 0.1) is 0 Å². The molecule has 0 radical (unpaired) electrons. The third-order valence-electron chi connectivity index (χ3n) is 3.95. The Morgan fingerprint density at radius 2 is 2.21 bits per heavy atom. The molecule has 0 aliphatic carbocycles. The molecule has 0 saturated heterocycles. The maximum absolute atomic E-state index is 12.5. The van der Waals surface area contributed by atoms with Crippen molar-refractivity contribution in [1.82, 2.24) is 25.0 Å². The Kier molecular flexibility index (Phi) is 4.54. The highest BCUT2D eigenvalue weighted by atomic mass is 16.7. The zero-order valence-electron chi connectivity index (χ0n) is 14.0. The molecule has 8 heteroatoms. The van der Waals surface area contributed by atoms with Gasteiger partial charge in [-0.15, -0.1) is 10.2 Å². The number of aromatic nitrogens is 3. The number of fused-ring (bicyclic) bond motifs is 1. The van der Waals surface area contributed by atoms with Crippen LogP contribution in [-0.4, -0.2) is 39.0 Å². The van der Waals surface area contributed by atoms with Gasteiger partial charge in [-0.25, -0.2) is 4.79 Å². The van der Waals surface area contributed by atoms with Gasteiger partial charge in [0, 0.05) is 20.1 Å². The lowest BCUT2D eigenvalue weighted by Crippen LogP contribution is -2.41. The van der Waals surface area contributed by atoms with Gasteiger partial charge in [-0.1, -0.05) is 6.07 Å². The molecule has 3 rings (SSSR count). The molecular weight excluding hydrogens is 310 g/mol. The molecule has 2 amide bonds. The molecule has 1 N–H and O–H groups in total. The summed E-state index contributed by atoms with van der Waals surface area (Å²) < 4.78 is 12.5. The Balaban J connectivity index is 1.65. The van der Waals surface area contributed by atoms with E-state index in [1.165, 1.54) is 0 Å². The van der Waals surface area contributed by atoms with E-state index >= 15 is 0 Å².